The van der Waals surface area contributed by atoms with E-state index in [4.69, 9.17) is 21.4 Å². The van der Waals surface area contributed by atoms with Crippen molar-refractivity contribution in [3.8, 4) is 5.75 Å². The largest absolute Gasteiger partial charge is 0.486 e. The van der Waals surface area contributed by atoms with E-state index in [1.807, 2.05) is 6.92 Å². The smallest absolute Gasteiger partial charge is 0.269 e. The zero-order valence-electron chi connectivity index (χ0n) is 13.7. The average Bonchev–Trinajstić information content (AvgIpc) is 3.18. The second-order valence-electron chi connectivity index (χ2n) is 5.27. The molecule has 0 atom stereocenters. The number of nitrogens with zero attached hydrogens (tertiary/aromatic N) is 2. The number of nitro groups is 1. The van der Waals surface area contributed by atoms with Gasteiger partial charge in [0.1, 0.15) is 28.2 Å². The van der Waals surface area contributed by atoms with Crippen LogP contribution in [-0.2, 0) is 11.4 Å². The van der Waals surface area contributed by atoms with Gasteiger partial charge in [0.05, 0.1) is 9.83 Å². The van der Waals surface area contributed by atoms with Crippen LogP contribution in [0.25, 0.3) is 6.08 Å². The molecule has 1 aromatic heterocycles. The number of amides is 1. The molecule has 1 aromatic carbocycles. The first-order chi connectivity index (χ1) is 12.5. The predicted octanol–water partition coefficient (Wildman–Crippen LogP) is 3.99. The molecule has 1 saturated heterocycles. The van der Waals surface area contributed by atoms with Crippen LogP contribution in [0.15, 0.2) is 45.7 Å². The fourth-order valence-corrected chi connectivity index (χ4v) is 3.63. The number of hydrogen-bond donors (Lipinski definition) is 0. The number of carbonyl (C=O) groups is 1. The molecule has 3 rings (SSSR count). The molecule has 1 aliphatic rings. The Labute approximate surface area is 158 Å². The van der Waals surface area contributed by atoms with E-state index in [1.165, 1.54) is 40.9 Å². The SMILES string of the molecule is CCN1C(=O)/C(=C\c2ccc(COc3ccc([N+](=O)[O-])cc3)o2)SC1=S. The van der Waals surface area contributed by atoms with Crippen LogP contribution >= 0.6 is 24.0 Å². The maximum Gasteiger partial charge on any atom is 0.269 e. The summed E-state index contributed by atoms with van der Waals surface area (Å²) in [7, 11) is 0. The van der Waals surface area contributed by atoms with Gasteiger partial charge >= 0.3 is 0 Å². The number of ether oxygens (including phenoxy) is 1. The van der Waals surface area contributed by atoms with Gasteiger partial charge in [-0.15, -0.1) is 0 Å². The Morgan fingerprint density at radius 2 is 2.04 bits per heavy atom. The Kier molecular flexibility index (Phi) is 5.38. The van der Waals surface area contributed by atoms with Crippen molar-refractivity contribution in [2.24, 2.45) is 0 Å². The standard InChI is InChI=1S/C17H14N2O5S2/c1-2-18-16(20)15(26-17(18)25)9-13-7-8-14(24-13)10-23-12-5-3-11(4-6-12)19(21)22/h3-9H,2,10H2,1H3/b15-9+. The van der Waals surface area contributed by atoms with Crippen LogP contribution in [0.2, 0.25) is 0 Å². The fraction of sp³-hybridized carbons (Fsp3) is 0.176. The predicted molar refractivity (Wildman–Crippen MR) is 102 cm³/mol. The molecule has 7 nitrogen and oxygen atoms in total. The number of benzene rings is 1. The minimum absolute atomic E-state index is 0.00188. The highest BCUT2D eigenvalue weighted by Crippen LogP contribution is 2.32. The van der Waals surface area contributed by atoms with Crippen molar-refractivity contribution >= 4 is 46.0 Å². The molecule has 0 aliphatic carbocycles. The quantitative estimate of drug-likeness (QED) is 0.319. The summed E-state index contributed by atoms with van der Waals surface area (Å²) in [5.74, 6) is 1.48. The summed E-state index contributed by atoms with van der Waals surface area (Å²) in [6, 6.07) is 9.29. The lowest BCUT2D eigenvalue weighted by molar-refractivity contribution is -0.384. The molecule has 0 radical (unpaired) electrons. The fourth-order valence-electron chi connectivity index (χ4n) is 2.27. The van der Waals surface area contributed by atoms with Crippen LogP contribution in [0.3, 0.4) is 0 Å². The van der Waals surface area contributed by atoms with Gasteiger partial charge in [-0.2, -0.15) is 0 Å². The molecular weight excluding hydrogens is 376 g/mol. The van der Waals surface area contributed by atoms with Crippen molar-refractivity contribution in [1.82, 2.24) is 4.90 Å². The van der Waals surface area contributed by atoms with Gasteiger partial charge in [0, 0.05) is 24.8 Å². The van der Waals surface area contributed by atoms with Crippen LogP contribution in [0, 0.1) is 10.1 Å². The highest BCUT2D eigenvalue weighted by molar-refractivity contribution is 8.26. The number of carbonyl (C=O) groups excluding carboxylic acids is 1. The minimum Gasteiger partial charge on any atom is -0.486 e. The van der Waals surface area contributed by atoms with E-state index in [0.717, 1.165) is 0 Å². The molecule has 26 heavy (non-hydrogen) atoms. The lowest BCUT2D eigenvalue weighted by Gasteiger charge is -2.09. The third-order valence-electron chi connectivity index (χ3n) is 3.57. The van der Waals surface area contributed by atoms with Crippen molar-refractivity contribution < 1.29 is 18.9 Å². The molecular formula is C17H14N2O5S2. The molecule has 0 spiro atoms. The van der Waals surface area contributed by atoms with E-state index in [-0.39, 0.29) is 18.2 Å². The van der Waals surface area contributed by atoms with E-state index in [9.17, 15) is 14.9 Å². The number of likely N-dealkylation sites (N-methyl/N-ethyl adjacent to an activating group) is 1. The summed E-state index contributed by atoms with van der Waals surface area (Å²) in [6.45, 7) is 2.57. The monoisotopic (exact) mass is 390 g/mol. The molecule has 1 fully saturated rings. The maximum absolute atomic E-state index is 12.2. The number of rotatable bonds is 6. The summed E-state index contributed by atoms with van der Waals surface area (Å²) in [6.07, 6.45) is 1.66. The van der Waals surface area contributed by atoms with E-state index >= 15 is 0 Å². The molecule has 0 bridgehead atoms. The van der Waals surface area contributed by atoms with Crippen molar-refractivity contribution in [3.63, 3.8) is 0 Å². The van der Waals surface area contributed by atoms with E-state index < -0.39 is 4.92 Å². The van der Waals surface area contributed by atoms with Gasteiger partial charge in [-0.1, -0.05) is 24.0 Å². The number of thioether (sulfide) groups is 1. The molecule has 2 heterocycles. The van der Waals surface area contributed by atoms with Crippen molar-refractivity contribution in [1.29, 1.82) is 0 Å². The number of nitro benzene ring substituents is 1. The van der Waals surface area contributed by atoms with Crippen LogP contribution in [0.5, 0.6) is 5.75 Å². The highest BCUT2D eigenvalue weighted by atomic mass is 32.2. The Balaban J connectivity index is 1.63. The number of thiocarbonyl (C=S) groups is 1. The van der Waals surface area contributed by atoms with Gasteiger partial charge in [0.25, 0.3) is 11.6 Å². The number of hydrogen-bond acceptors (Lipinski definition) is 7. The second kappa shape index (κ2) is 7.71. The van der Waals surface area contributed by atoms with E-state index in [2.05, 4.69) is 0 Å². The Hall–Kier alpha value is -2.65. The minimum atomic E-state index is -0.468. The van der Waals surface area contributed by atoms with Crippen molar-refractivity contribution in [2.75, 3.05) is 6.54 Å². The Morgan fingerprint density at radius 3 is 2.65 bits per heavy atom. The maximum atomic E-state index is 12.2. The van der Waals surface area contributed by atoms with Gasteiger partial charge < -0.3 is 9.15 Å². The third-order valence-corrected chi connectivity index (χ3v) is 4.95. The summed E-state index contributed by atoms with van der Waals surface area (Å²) in [5, 5.41) is 10.6. The van der Waals surface area contributed by atoms with Crippen LogP contribution < -0.4 is 4.74 Å². The lowest BCUT2D eigenvalue weighted by Crippen LogP contribution is -2.27. The summed E-state index contributed by atoms with van der Waals surface area (Å²) >= 11 is 6.42. The van der Waals surface area contributed by atoms with Crippen molar-refractivity contribution in [3.05, 3.63) is 62.9 Å². The van der Waals surface area contributed by atoms with Gasteiger partial charge in [0.2, 0.25) is 0 Å². The normalized spacial score (nSPS) is 15.7. The Morgan fingerprint density at radius 1 is 1.31 bits per heavy atom. The second-order valence-corrected chi connectivity index (χ2v) is 6.95. The summed E-state index contributed by atoms with van der Waals surface area (Å²) < 4.78 is 11.7. The topological polar surface area (TPSA) is 85.8 Å². The average molecular weight is 390 g/mol. The molecule has 2 aromatic rings. The van der Waals surface area contributed by atoms with Crippen molar-refractivity contribution in [2.45, 2.75) is 13.5 Å². The molecule has 134 valence electrons. The van der Waals surface area contributed by atoms with Crippen LogP contribution in [0.1, 0.15) is 18.4 Å². The van der Waals surface area contributed by atoms with E-state index in [1.54, 1.807) is 18.2 Å². The van der Waals surface area contributed by atoms with Crippen LogP contribution in [0.4, 0.5) is 5.69 Å². The molecule has 9 heteroatoms. The van der Waals surface area contributed by atoms with Gasteiger partial charge in [-0.3, -0.25) is 19.8 Å². The summed E-state index contributed by atoms with van der Waals surface area (Å²) in [4.78, 5) is 24.4. The zero-order valence-corrected chi connectivity index (χ0v) is 15.3. The van der Waals surface area contributed by atoms with Gasteiger partial charge in [0.15, 0.2) is 0 Å². The Bertz CT molecular complexity index is 889. The zero-order chi connectivity index (χ0) is 18.7. The third kappa shape index (κ3) is 3.94. The first-order valence-electron chi connectivity index (χ1n) is 7.69. The van der Waals surface area contributed by atoms with E-state index in [0.29, 0.717) is 33.0 Å². The molecule has 0 unspecified atom stereocenters. The number of furan rings is 1. The van der Waals surface area contributed by atoms with Crippen LogP contribution in [-0.4, -0.2) is 26.6 Å². The first kappa shape index (κ1) is 18.2. The lowest BCUT2D eigenvalue weighted by atomic mass is 10.3. The molecule has 0 N–H and O–H groups in total. The summed E-state index contributed by atoms with van der Waals surface area (Å²) in [5.41, 5.74) is 0.00188. The van der Waals surface area contributed by atoms with Gasteiger partial charge in [-0.25, -0.2) is 0 Å². The number of non-ortho nitro benzene ring substituents is 1. The highest BCUT2D eigenvalue weighted by Gasteiger charge is 2.30. The molecule has 1 aliphatic heterocycles. The molecule has 1 amide bonds. The molecule has 0 saturated carbocycles. The van der Waals surface area contributed by atoms with Gasteiger partial charge in [-0.05, 0) is 31.2 Å². The first-order valence-corrected chi connectivity index (χ1v) is 8.91.